The fourth-order valence-corrected chi connectivity index (χ4v) is 2.09. The minimum absolute atomic E-state index is 0.126. The summed E-state index contributed by atoms with van der Waals surface area (Å²) in [5.41, 5.74) is 5.32. The lowest BCUT2D eigenvalue weighted by atomic mass is 10.3. The van der Waals surface area contributed by atoms with E-state index in [1.165, 1.54) is 0 Å². The number of rotatable bonds is 7. The first-order valence-corrected chi connectivity index (χ1v) is 7.07. The average Bonchev–Trinajstić information content (AvgIpc) is 2.88. The molecule has 0 aliphatic rings. The third-order valence-corrected chi connectivity index (χ3v) is 3.18. The van der Waals surface area contributed by atoms with Crippen LogP contribution < -0.4 is 11.1 Å². The lowest BCUT2D eigenvalue weighted by molar-refractivity contribution is -0.146. The van der Waals surface area contributed by atoms with Crippen LogP contribution in [0.4, 0.5) is 5.69 Å². The molecule has 1 aromatic rings. The molecule has 1 amide bonds. The van der Waals surface area contributed by atoms with E-state index in [9.17, 15) is 14.4 Å². The zero-order valence-corrected chi connectivity index (χ0v) is 12.5. The van der Waals surface area contributed by atoms with Crippen LogP contribution in [0.5, 0.6) is 0 Å². The second-order valence-corrected chi connectivity index (χ2v) is 4.59. The van der Waals surface area contributed by atoms with Crippen molar-refractivity contribution < 1.29 is 23.9 Å². The van der Waals surface area contributed by atoms with Gasteiger partial charge in [0.05, 0.1) is 18.9 Å². The maximum absolute atomic E-state index is 11.7. The van der Waals surface area contributed by atoms with Gasteiger partial charge in [-0.05, 0) is 25.3 Å². The maximum Gasteiger partial charge on any atom is 0.347 e. The van der Waals surface area contributed by atoms with Gasteiger partial charge in [0.1, 0.15) is 4.88 Å². The van der Waals surface area contributed by atoms with Crippen molar-refractivity contribution in [2.45, 2.75) is 13.8 Å². The predicted octanol–water partition coefficient (Wildman–Crippen LogP) is 1.27. The summed E-state index contributed by atoms with van der Waals surface area (Å²) in [6.45, 7) is 3.50. The van der Waals surface area contributed by atoms with Crippen LogP contribution in [0.15, 0.2) is 23.2 Å². The predicted molar refractivity (Wildman–Crippen MR) is 77.8 cm³/mol. The Morgan fingerprint density at radius 3 is 2.29 bits per heavy atom. The van der Waals surface area contributed by atoms with E-state index >= 15 is 0 Å². The molecule has 0 unspecified atom stereocenters. The molecule has 7 nitrogen and oxygen atoms in total. The molecule has 0 aliphatic heterocycles. The highest BCUT2D eigenvalue weighted by Crippen LogP contribution is 2.21. The Hall–Kier alpha value is -2.35. The van der Waals surface area contributed by atoms with Crippen molar-refractivity contribution in [3.05, 3.63) is 28.1 Å². The first-order chi connectivity index (χ1) is 10.0. The minimum atomic E-state index is -0.806. The Bertz CT molecular complexity index is 545. The third-order valence-electron chi connectivity index (χ3n) is 2.25. The van der Waals surface area contributed by atoms with Crippen LogP contribution in [0.2, 0.25) is 0 Å². The quantitative estimate of drug-likeness (QED) is 0.340. The van der Waals surface area contributed by atoms with E-state index in [0.29, 0.717) is 10.6 Å². The number of nitrogens with two attached hydrogens (primary N) is 1. The van der Waals surface area contributed by atoms with Crippen molar-refractivity contribution in [1.82, 2.24) is 0 Å². The van der Waals surface area contributed by atoms with Crippen LogP contribution in [-0.2, 0) is 19.1 Å². The molecule has 1 heterocycles. The summed E-state index contributed by atoms with van der Waals surface area (Å²) >= 11 is 1.15. The molecule has 0 bridgehead atoms. The highest BCUT2D eigenvalue weighted by atomic mass is 32.1. The van der Waals surface area contributed by atoms with Crippen LogP contribution in [0.25, 0.3) is 0 Å². The number of hydrogen-bond acceptors (Lipinski definition) is 7. The molecule has 0 atom stereocenters. The van der Waals surface area contributed by atoms with Gasteiger partial charge in [0, 0.05) is 6.20 Å². The van der Waals surface area contributed by atoms with E-state index in [4.69, 9.17) is 15.2 Å². The van der Waals surface area contributed by atoms with Gasteiger partial charge in [-0.15, -0.1) is 11.3 Å². The van der Waals surface area contributed by atoms with E-state index in [1.807, 2.05) is 0 Å². The Labute approximate surface area is 125 Å². The summed E-state index contributed by atoms with van der Waals surface area (Å²) < 4.78 is 9.56. The van der Waals surface area contributed by atoms with Crippen molar-refractivity contribution in [3.8, 4) is 0 Å². The summed E-state index contributed by atoms with van der Waals surface area (Å²) in [5, 5.41) is 4.36. The molecule has 21 heavy (non-hydrogen) atoms. The summed E-state index contributed by atoms with van der Waals surface area (Å²) in [4.78, 5) is 34.9. The highest BCUT2D eigenvalue weighted by Gasteiger charge is 2.21. The lowest BCUT2D eigenvalue weighted by Crippen LogP contribution is -2.19. The molecule has 114 valence electrons. The number of esters is 2. The molecule has 0 aromatic carbocycles. The molecule has 1 aromatic heterocycles. The van der Waals surface area contributed by atoms with Gasteiger partial charge in [-0.25, -0.2) is 9.59 Å². The van der Waals surface area contributed by atoms with Gasteiger partial charge in [0.25, 0.3) is 5.91 Å². The molecule has 0 radical (unpaired) electrons. The molecule has 8 heteroatoms. The molecule has 0 saturated carbocycles. The fraction of sp³-hybridized carbons (Fsp3) is 0.308. The van der Waals surface area contributed by atoms with Gasteiger partial charge in [0.2, 0.25) is 0 Å². The van der Waals surface area contributed by atoms with E-state index in [0.717, 1.165) is 17.5 Å². The second kappa shape index (κ2) is 8.05. The van der Waals surface area contributed by atoms with Crippen molar-refractivity contribution in [3.63, 3.8) is 0 Å². The zero-order valence-electron chi connectivity index (χ0n) is 11.7. The molecule has 3 N–H and O–H groups in total. The molecule has 1 rings (SSSR count). The number of carbonyl (C=O) groups is 3. The standard InChI is InChI=1S/C13H16N2O5S/c1-3-19-12(17)8(13(18)20-4-2)7-15-9-5-6-21-10(9)11(14)16/h5-7,15H,3-4H2,1-2H3,(H2,14,16). The van der Waals surface area contributed by atoms with Gasteiger partial charge in [0.15, 0.2) is 5.57 Å². The number of nitrogens with one attached hydrogen (secondary N) is 1. The topological polar surface area (TPSA) is 108 Å². The summed E-state index contributed by atoms with van der Waals surface area (Å²) in [7, 11) is 0. The average molecular weight is 312 g/mol. The fourth-order valence-electron chi connectivity index (χ4n) is 1.38. The maximum atomic E-state index is 11.7. The Kier molecular flexibility index (Phi) is 6.41. The largest absolute Gasteiger partial charge is 0.462 e. The third kappa shape index (κ3) is 4.60. The summed E-state index contributed by atoms with van der Waals surface area (Å²) in [6.07, 6.45) is 1.14. The normalized spacial score (nSPS) is 9.62. The number of carbonyl (C=O) groups excluding carboxylic acids is 3. The van der Waals surface area contributed by atoms with E-state index in [-0.39, 0.29) is 18.8 Å². The first-order valence-electron chi connectivity index (χ1n) is 6.19. The van der Waals surface area contributed by atoms with Gasteiger partial charge >= 0.3 is 11.9 Å². The Morgan fingerprint density at radius 2 is 1.81 bits per heavy atom. The lowest BCUT2D eigenvalue weighted by Gasteiger charge is -2.07. The molecule has 0 fully saturated rings. The SMILES string of the molecule is CCOC(=O)C(=CNc1ccsc1C(N)=O)C(=O)OCC. The zero-order chi connectivity index (χ0) is 15.8. The number of amides is 1. The van der Waals surface area contributed by atoms with Crippen LogP contribution in [0, 0.1) is 0 Å². The van der Waals surface area contributed by atoms with Gasteiger partial charge < -0.3 is 20.5 Å². The van der Waals surface area contributed by atoms with Crippen LogP contribution in [0.3, 0.4) is 0 Å². The van der Waals surface area contributed by atoms with Crippen molar-refractivity contribution >= 4 is 34.9 Å². The molecular formula is C13H16N2O5S. The van der Waals surface area contributed by atoms with Crippen LogP contribution in [0.1, 0.15) is 23.5 Å². The number of ether oxygens (including phenoxy) is 2. The molecule has 0 saturated heterocycles. The summed E-state index contributed by atoms with van der Waals surface area (Å²) in [6, 6.07) is 1.61. The van der Waals surface area contributed by atoms with Crippen LogP contribution >= 0.6 is 11.3 Å². The van der Waals surface area contributed by atoms with E-state index < -0.39 is 17.8 Å². The Balaban J connectivity index is 2.97. The van der Waals surface area contributed by atoms with E-state index in [2.05, 4.69) is 5.32 Å². The smallest absolute Gasteiger partial charge is 0.347 e. The van der Waals surface area contributed by atoms with Gasteiger partial charge in [-0.3, -0.25) is 4.79 Å². The number of primary amides is 1. The molecule has 0 aliphatic carbocycles. The first kappa shape index (κ1) is 16.7. The number of thiophene rings is 1. The van der Waals surface area contributed by atoms with Gasteiger partial charge in [-0.1, -0.05) is 0 Å². The van der Waals surface area contributed by atoms with Crippen LogP contribution in [-0.4, -0.2) is 31.1 Å². The van der Waals surface area contributed by atoms with Gasteiger partial charge in [-0.2, -0.15) is 0 Å². The van der Waals surface area contributed by atoms with E-state index in [1.54, 1.807) is 25.3 Å². The highest BCUT2D eigenvalue weighted by molar-refractivity contribution is 7.12. The molecule has 0 spiro atoms. The second-order valence-electron chi connectivity index (χ2n) is 3.67. The molecular weight excluding hydrogens is 296 g/mol. The monoisotopic (exact) mass is 312 g/mol. The minimum Gasteiger partial charge on any atom is -0.462 e. The summed E-state index contributed by atoms with van der Waals surface area (Å²) in [5.74, 6) is -2.21. The number of hydrogen-bond donors (Lipinski definition) is 2. The van der Waals surface area contributed by atoms with Crippen molar-refractivity contribution in [2.75, 3.05) is 18.5 Å². The van der Waals surface area contributed by atoms with Crippen molar-refractivity contribution in [2.24, 2.45) is 5.73 Å². The number of anilines is 1. The van der Waals surface area contributed by atoms with Crippen molar-refractivity contribution in [1.29, 1.82) is 0 Å². The Morgan fingerprint density at radius 1 is 1.24 bits per heavy atom.